The van der Waals surface area contributed by atoms with Crippen LogP contribution in [0.2, 0.25) is 0 Å². The van der Waals surface area contributed by atoms with E-state index < -0.39 is 5.97 Å². The molecule has 4 N–H and O–H groups in total. The monoisotopic (exact) mass is 1140 g/mol. The van der Waals surface area contributed by atoms with Crippen molar-refractivity contribution in [3.63, 3.8) is 0 Å². The Morgan fingerprint density at radius 3 is 1.40 bits per heavy atom. The Kier molecular flexibility index (Phi) is 21.6. The predicted molar refractivity (Wildman–Crippen MR) is 355 cm³/mol. The Balaban J connectivity index is 0.000000164. The maximum absolute atomic E-state index is 12.7. The van der Waals surface area contributed by atoms with Crippen molar-refractivity contribution in [2.24, 2.45) is 5.73 Å². The fourth-order valence-corrected chi connectivity index (χ4v) is 13.7. The SMILES string of the molecule is CC1CCCCN1CCCN.CCn1c2ccccc2c2cc(CN3CCC(=Cc4ccc(C(=O)NCCCN5CCCCC5C)cc4)CC3)ccc21.CCn1c2ccccc2c2cc(CN3CCC(=Cc4ccc(C(=O)O)cc4)CC3)ccc21. The first-order valence-electron chi connectivity index (χ1n) is 32.3. The minimum Gasteiger partial charge on any atom is -0.478 e. The molecule has 12 rings (SSSR count). The third-order valence-electron chi connectivity index (χ3n) is 18.6. The van der Waals surface area contributed by atoms with Crippen LogP contribution in [0.5, 0.6) is 0 Å². The highest BCUT2D eigenvalue weighted by molar-refractivity contribution is 6.09. The Morgan fingerprint density at radius 1 is 0.529 bits per heavy atom. The quantitative estimate of drug-likeness (QED) is 0.0773. The molecule has 8 aromatic rings. The summed E-state index contributed by atoms with van der Waals surface area (Å²) in [5, 5.41) is 17.6. The topological polar surface area (TPSA) is 115 Å². The number of nitrogens with zero attached hydrogens (tertiary/aromatic N) is 6. The van der Waals surface area contributed by atoms with Crippen molar-refractivity contribution in [2.45, 2.75) is 143 Å². The van der Waals surface area contributed by atoms with Crippen molar-refractivity contribution >= 4 is 67.6 Å². The first-order chi connectivity index (χ1) is 41.5. The van der Waals surface area contributed by atoms with Gasteiger partial charge in [-0.25, -0.2) is 4.79 Å². The second-order valence-corrected chi connectivity index (χ2v) is 24.4. The lowest BCUT2D eigenvalue weighted by Crippen LogP contribution is -2.39. The van der Waals surface area contributed by atoms with Crippen LogP contribution in [0.25, 0.3) is 55.8 Å². The molecule has 4 fully saturated rings. The van der Waals surface area contributed by atoms with Crippen LogP contribution in [0, 0.1) is 0 Å². The fourth-order valence-electron chi connectivity index (χ4n) is 13.7. The van der Waals surface area contributed by atoms with Gasteiger partial charge in [-0.15, -0.1) is 0 Å². The summed E-state index contributed by atoms with van der Waals surface area (Å²) in [6, 6.07) is 48.2. The summed E-state index contributed by atoms with van der Waals surface area (Å²) < 4.78 is 4.82. The number of carboxylic acids is 1. The van der Waals surface area contributed by atoms with Crippen LogP contribution < -0.4 is 11.1 Å². The van der Waals surface area contributed by atoms with Crippen molar-refractivity contribution in [3.05, 3.63) is 178 Å². The maximum atomic E-state index is 12.7. The third-order valence-corrected chi connectivity index (χ3v) is 18.6. The van der Waals surface area contributed by atoms with E-state index in [0.29, 0.717) is 11.6 Å². The van der Waals surface area contributed by atoms with Crippen molar-refractivity contribution in [2.75, 3.05) is 65.4 Å². The van der Waals surface area contributed by atoms with Crippen LogP contribution in [-0.2, 0) is 26.2 Å². The number of benzene rings is 6. The van der Waals surface area contributed by atoms with Crippen molar-refractivity contribution in [3.8, 4) is 0 Å². The molecule has 448 valence electrons. The number of aromatic nitrogens is 2. The standard InChI is InChI=1S/C37H46N4O.C28H28N2O2.C9H20N2/c1-3-41-35-11-5-4-10-33(35)34-26-31(14-17-36(34)41)27-39-23-18-30(19-24-39)25-29-12-15-32(16-13-29)37(42)38-20-8-22-40-21-7-6-9-28(40)2;1-2-30-26-6-4-3-5-24(26)25-18-22(9-12-27(25)30)19-29-15-13-21(14-16-29)17-20-7-10-23(11-8-20)28(31)32;1-9-5-2-3-7-11(9)8-4-6-10/h4-5,10-17,25-26,28H,3,6-9,18-24,27H2,1-2H3,(H,38,42);3-12,17-18H,2,13-16,19H2,1H3,(H,31,32);9H,2-8,10H2,1H3. The molecule has 4 aliphatic heterocycles. The van der Waals surface area contributed by atoms with E-state index >= 15 is 0 Å². The lowest BCUT2D eigenvalue weighted by Gasteiger charge is -2.33. The molecule has 2 unspecified atom stereocenters. The van der Waals surface area contributed by atoms with Crippen LogP contribution in [0.3, 0.4) is 0 Å². The summed E-state index contributed by atoms with van der Waals surface area (Å²) in [5.74, 6) is -0.846. The lowest BCUT2D eigenvalue weighted by atomic mass is 9.99. The minimum absolute atomic E-state index is 0.0339. The number of carbonyl (C=O) groups is 2. The van der Waals surface area contributed by atoms with E-state index in [0.717, 1.165) is 128 Å². The molecule has 2 aromatic heterocycles. The number of amides is 1. The second kappa shape index (κ2) is 30.0. The number of aromatic carboxylic acids is 1. The van der Waals surface area contributed by atoms with Gasteiger partial charge in [-0.1, -0.05) is 109 Å². The van der Waals surface area contributed by atoms with Gasteiger partial charge in [0.25, 0.3) is 5.91 Å². The number of carbonyl (C=O) groups excluding carboxylic acids is 1. The Bertz CT molecular complexity index is 3540. The molecular formula is C74H94N8O3. The van der Waals surface area contributed by atoms with Gasteiger partial charge < -0.3 is 35.1 Å². The van der Waals surface area contributed by atoms with Gasteiger partial charge in [0.2, 0.25) is 0 Å². The van der Waals surface area contributed by atoms with Crippen LogP contribution in [0.4, 0.5) is 0 Å². The molecular weight excluding hydrogens is 1050 g/mol. The third kappa shape index (κ3) is 15.8. The van der Waals surface area contributed by atoms with Gasteiger partial charge in [-0.3, -0.25) is 14.6 Å². The fraction of sp³-hybridized carbons (Fsp3) is 0.432. The summed E-state index contributed by atoms with van der Waals surface area (Å²) in [6.07, 6.45) is 19.1. The summed E-state index contributed by atoms with van der Waals surface area (Å²) in [4.78, 5) is 33.9. The van der Waals surface area contributed by atoms with Gasteiger partial charge in [-0.05, 0) is 201 Å². The zero-order chi connectivity index (χ0) is 59.1. The van der Waals surface area contributed by atoms with E-state index in [9.17, 15) is 9.59 Å². The number of fused-ring (bicyclic) bond motifs is 6. The highest BCUT2D eigenvalue weighted by Gasteiger charge is 2.21. The van der Waals surface area contributed by atoms with Crippen LogP contribution in [-0.4, -0.2) is 123 Å². The molecule has 0 aliphatic carbocycles. The number of para-hydroxylation sites is 2. The number of nitrogens with two attached hydrogens (primary N) is 1. The molecule has 6 aromatic carbocycles. The summed E-state index contributed by atoms with van der Waals surface area (Å²) in [6.45, 7) is 23.6. The molecule has 6 heterocycles. The molecule has 1 amide bonds. The van der Waals surface area contributed by atoms with Crippen molar-refractivity contribution < 1.29 is 14.7 Å². The molecule has 0 saturated carbocycles. The van der Waals surface area contributed by atoms with Gasteiger partial charge in [0.15, 0.2) is 0 Å². The maximum Gasteiger partial charge on any atom is 0.335 e. The van der Waals surface area contributed by atoms with Crippen molar-refractivity contribution in [1.82, 2.24) is 34.1 Å². The predicted octanol–water partition coefficient (Wildman–Crippen LogP) is 14.9. The van der Waals surface area contributed by atoms with Crippen LogP contribution >= 0.6 is 0 Å². The highest BCUT2D eigenvalue weighted by Crippen LogP contribution is 2.33. The molecule has 0 bridgehead atoms. The minimum atomic E-state index is -0.880. The number of aryl methyl sites for hydroxylation is 2. The largest absolute Gasteiger partial charge is 0.478 e. The Labute approximate surface area is 506 Å². The number of carboxylic acid groups (broad SMARTS) is 1. The van der Waals surface area contributed by atoms with Crippen LogP contribution in [0.1, 0.15) is 148 Å². The van der Waals surface area contributed by atoms with Crippen LogP contribution in [0.15, 0.2) is 145 Å². The summed E-state index contributed by atoms with van der Waals surface area (Å²) >= 11 is 0. The molecule has 4 saturated heterocycles. The lowest BCUT2D eigenvalue weighted by molar-refractivity contribution is 0.0696. The smallest absolute Gasteiger partial charge is 0.335 e. The van der Waals surface area contributed by atoms with E-state index in [2.05, 4.69) is 171 Å². The van der Waals surface area contributed by atoms with Gasteiger partial charge in [0.05, 0.1) is 5.56 Å². The Hall–Kier alpha value is -6.86. The number of likely N-dealkylation sites (tertiary alicyclic amines) is 4. The first-order valence-corrected chi connectivity index (χ1v) is 32.3. The molecule has 85 heavy (non-hydrogen) atoms. The highest BCUT2D eigenvalue weighted by atomic mass is 16.4. The van der Waals surface area contributed by atoms with Gasteiger partial charge >= 0.3 is 5.97 Å². The van der Waals surface area contributed by atoms with Gasteiger partial charge in [0, 0.05) is 127 Å². The molecule has 11 heteroatoms. The Morgan fingerprint density at radius 2 is 0.965 bits per heavy atom. The van der Waals surface area contributed by atoms with E-state index in [-0.39, 0.29) is 5.91 Å². The first kappa shape index (κ1) is 61.2. The van der Waals surface area contributed by atoms with Crippen molar-refractivity contribution in [1.29, 1.82) is 0 Å². The summed E-state index contributed by atoms with van der Waals surface area (Å²) in [5.41, 5.74) is 19.8. The zero-order valence-electron chi connectivity index (χ0n) is 51.4. The number of nitrogens with one attached hydrogen (secondary N) is 1. The average Bonchev–Trinajstić information content (AvgIpc) is 1.94. The van der Waals surface area contributed by atoms with Gasteiger partial charge in [-0.2, -0.15) is 0 Å². The van der Waals surface area contributed by atoms with E-state index in [4.69, 9.17) is 10.8 Å². The summed E-state index contributed by atoms with van der Waals surface area (Å²) in [7, 11) is 0. The molecule has 0 radical (unpaired) electrons. The number of hydrogen-bond donors (Lipinski definition) is 3. The number of rotatable bonds is 17. The normalized spacial score (nSPS) is 18.3. The molecule has 0 spiro atoms. The number of hydrogen-bond acceptors (Lipinski definition) is 7. The van der Waals surface area contributed by atoms with E-state index in [1.54, 1.807) is 12.1 Å². The molecule has 2 atom stereocenters. The second-order valence-electron chi connectivity index (χ2n) is 24.4. The van der Waals surface area contributed by atoms with Gasteiger partial charge in [0.1, 0.15) is 0 Å². The number of piperidine rings is 4. The molecule has 4 aliphatic rings. The zero-order valence-corrected chi connectivity index (χ0v) is 51.4. The van der Waals surface area contributed by atoms with E-state index in [1.807, 2.05) is 24.3 Å². The van der Waals surface area contributed by atoms with E-state index in [1.165, 1.54) is 130 Å². The molecule has 11 nitrogen and oxygen atoms in total. The average molecular weight is 1140 g/mol.